The van der Waals surface area contributed by atoms with Crippen LogP contribution in [0.1, 0.15) is 42.7 Å². The normalized spacial score (nSPS) is 18.1. The SMILES string of the molecule is CCOC(=O)N1CCN(C(=O)[C@H](CC(=O)O)NC(=O)c2cc(O[C@@H](C)C(=O)N3CC[C@H](CO)C3)c3ccc(C)cc3n2)CC1. The Hall–Kier alpha value is -4.46. The molecule has 3 atom stereocenters. The molecule has 14 heteroatoms. The smallest absolute Gasteiger partial charge is 0.409 e. The highest BCUT2D eigenvalue weighted by atomic mass is 16.6. The molecule has 2 aromatic rings. The summed E-state index contributed by atoms with van der Waals surface area (Å²) in [7, 11) is 0. The quantitative estimate of drug-likeness (QED) is 0.350. The summed E-state index contributed by atoms with van der Waals surface area (Å²) in [6, 6.07) is 5.36. The summed E-state index contributed by atoms with van der Waals surface area (Å²) >= 11 is 0. The molecule has 3 heterocycles. The molecular formula is C30H39N5O9. The van der Waals surface area contributed by atoms with Crippen LogP contribution >= 0.6 is 0 Å². The predicted molar refractivity (Wildman–Crippen MR) is 157 cm³/mol. The second-order valence-electron chi connectivity index (χ2n) is 11.0. The first-order chi connectivity index (χ1) is 21.0. The number of carboxylic acids is 1. The van der Waals surface area contributed by atoms with Gasteiger partial charge in [-0.3, -0.25) is 19.2 Å². The second-order valence-corrected chi connectivity index (χ2v) is 11.0. The number of pyridine rings is 1. The van der Waals surface area contributed by atoms with Crippen molar-refractivity contribution < 1.29 is 43.7 Å². The molecular weight excluding hydrogens is 574 g/mol. The van der Waals surface area contributed by atoms with Gasteiger partial charge in [0.05, 0.1) is 18.5 Å². The number of benzene rings is 1. The largest absolute Gasteiger partial charge is 0.481 e. The Labute approximate surface area is 254 Å². The first-order valence-electron chi connectivity index (χ1n) is 14.7. The Balaban J connectivity index is 1.52. The number of fused-ring (bicyclic) bond motifs is 1. The zero-order chi connectivity index (χ0) is 32.0. The number of rotatable bonds is 10. The molecule has 1 aromatic heterocycles. The van der Waals surface area contributed by atoms with E-state index in [1.165, 1.54) is 15.9 Å². The number of nitrogens with zero attached hydrogens (tertiary/aromatic N) is 4. The lowest BCUT2D eigenvalue weighted by Gasteiger charge is -2.35. The van der Waals surface area contributed by atoms with Gasteiger partial charge in [-0.2, -0.15) is 0 Å². The number of aromatic nitrogens is 1. The molecule has 2 fully saturated rings. The molecule has 238 valence electrons. The van der Waals surface area contributed by atoms with Crippen LogP contribution in [-0.4, -0.2) is 124 Å². The van der Waals surface area contributed by atoms with Crippen molar-refractivity contribution in [3.63, 3.8) is 0 Å². The summed E-state index contributed by atoms with van der Waals surface area (Å²) in [5.74, 6) is -2.66. The Kier molecular flexibility index (Phi) is 10.6. The first kappa shape index (κ1) is 32.5. The van der Waals surface area contributed by atoms with Crippen LogP contribution in [0.2, 0.25) is 0 Å². The van der Waals surface area contributed by atoms with Crippen LogP contribution in [0, 0.1) is 12.8 Å². The van der Waals surface area contributed by atoms with Crippen LogP contribution in [0.4, 0.5) is 4.79 Å². The van der Waals surface area contributed by atoms with Crippen LogP contribution in [0.15, 0.2) is 24.3 Å². The van der Waals surface area contributed by atoms with Crippen molar-refractivity contribution in [2.45, 2.75) is 45.8 Å². The van der Waals surface area contributed by atoms with Crippen LogP contribution in [0.3, 0.4) is 0 Å². The molecule has 0 spiro atoms. The zero-order valence-electron chi connectivity index (χ0n) is 25.2. The lowest BCUT2D eigenvalue weighted by Crippen LogP contribution is -2.56. The Morgan fingerprint density at radius 1 is 1.02 bits per heavy atom. The molecule has 2 aliphatic rings. The van der Waals surface area contributed by atoms with E-state index < -0.39 is 42.4 Å². The lowest BCUT2D eigenvalue weighted by atomic mass is 10.1. The van der Waals surface area contributed by atoms with Crippen LogP contribution in [-0.2, 0) is 19.1 Å². The summed E-state index contributed by atoms with van der Waals surface area (Å²) in [4.78, 5) is 72.5. The molecule has 1 aromatic carbocycles. The van der Waals surface area contributed by atoms with Crippen LogP contribution in [0.5, 0.6) is 5.75 Å². The molecule has 2 saturated heterocycles. The lowest BCUT2D eigenvalue weighted by molar-refractivity contribution is -0.143. The van der Waals surface area contributed by atoms with Crippen molar-refractivity contribution in [1.82, 2.24) is 25.0 Å². The fourth-order valence-electron chi connectivity index (χ4n) is 5.35. The average molecular weight is 614 g/mol. The average Bonchev–Trinajstić information content (AvgIpc) is 3.49. The van der Waals surface area contributed by atoms with Gasteiger partial charge in [-0.05, 0) is 44.9 Å². The number of aliphatic hydroxyl groups excluding tert-OH is 1. The maximum Gasteiger partial charge on any atom is 0.409 e. The number of nitrogens with one attached hydrogen (secondary N) is 1. The number of hydrogen-bond acceptors (Lipinski definition) is 9. The van der Waals surface area contributed by atoms with Gasteiger partial charge in [-0.1, -0.05) is 6.07 Å². The van der Waals surface area contributed by atoms with E-state index in [0.29, 0.717) is 30.4 Å². The summed E-state index contributed by atoms with van der Waals surface area (Å²) in [5.41, 5.74) is 1.17. The molecule has 4 amide bonds. The highest BCUT2D eigenvalue weighted by Crippen LogP contribution is 2.28. The first-order valence-corrected chi connectivity index (χ1v) is 14.7. The number of carbonyl (C=O) groups excluding carboxylic acids is 4. The van der Waals surface area contributed by atoms with Crippen molar-refractivity contribution in [3.05, 3.63) is 35.5 Å². The van der Waals surface area contributed by atoms with Gasteiger partial charge < -0.3 is 39.7 Å². The number of aliphatic hydroxyl groups is 1. The fraction of sp³-hybridized carbons (Fsp3) is 0.533. The van der Waals surface area contributed by atoms with Crippen molar-refractivity contribution in [2.24, 2.45) is 5.92 Å². The van der Waals surface area contributed by atoms with Crippen LogP contribution in [0.25, 0.3) is 10.9 Å². The van der Waals surface area contributed by atoms with E-state index in [1.807, 2.05) is 13.0 Å². The Bertz CT molecular complexity index is 1410. The maximum absolute atomic E-state index is 13.5. The van der Waals surface area contributed by atoms with Gasteiger partial charge in [-0.15, -0.1) is 0 Å². The van der Waals surface area contributed by atoms with E-state index in [-0.39, 0.29) is 62.7 Å². The van der Waals surface area contributed by atoms with Gasteiger partial charge in [0.25, 0.3) is 11.8 Å². The van der Waals surface area contributed by atoms with Gasteiger partial charge in [0.15, 0.2) is 6.10 Å². The molecule has 14 nitrogen and oxygen atoms in total. The molecule has 4 rings (SSSR count). The van der Waals surface area contributed by atoms with Crippen molar-refractivity contribution >= 4 is 40.7 Å². The van der Waals surface area contributed by atoms with E-state index in [9.17, 15) is 34.2 Å². The summed E-state index contributed by atoms with van der Waals surface area (Å²) in [5, 5.41) is 22.0. The predicted octanol–water partition coefficient (Wildman–Crippen LogP) is 1.03. The molecule has 0 saturated carbocycles. The van der Waals surface area contributed by atoms with E-state index in [4.69, 9.17) is 9.47 Å². The van der Waals surface area contributed by atoms with Crippen LogP contribution < -0.4 is 10.1 Å². The highest BCUT2D eigenvalue weighted by molar-refractivity contribution is 6.00. The number of amides is 4. The van der Waals surface area contributed by atoms with Gasteiger partial charge in [0.2, 0.25) is 5.91 Å². The van der Waals surface area contributed by atoms with E-state index >= 15 is 0 Å². The Morgan fingerprint density at radius 2 is 1.73 bits per heavy atom. The minimum absolute atomic E-state index is 0.000998. The highest BCUT2D eigenvalue weighted by Gasteiger charge is 2.33. The number of aliphatic carboxylic acids is 1. The third kappa shape index (κ3) is 7.73. The second kappa shape index (κ2) is 14.3. The Morgan fingerprint density at radius 3 is 2.36 bits per heavy atom. The third-order valence-electron chi connectivity index (χ3n) is 7.77. The summed E-state index contributed by atoms with van der Waals surface area (Å²) < 4.78 is 11.1. The summed E-state index contributed by atoms with van der Waals surface area (Å²) in [6.45, 7) is 7.04. The molecule has 2 aliphatic heterocycles. The monoisotopic (exact) mass is 613 g/mol. The van der Waals surface area contributed by atoms with Crippen molar-refractivity contribution in [2.75, 3.05) is 52.5 Å². The minimum atomic E-state index is -1.39. The van der Waals surface area contributed by atoms with Gasteiger partial charge >= 0.3 is 12.1 Å². The number of carboxylic acid groups (broad SMARTS) is 1. The third-order valence-corrected chi connectivity index (χ3v) is 7.77. The molecule has 0 aliphatic carbocycles. The molecule has 0 unspecified atom stereocenters. The topological polar surface area (TPSA) is 179 Å². The standard InChI is InChI=1S/C30H39N5O9/c1-4-43-30(42)34-11-9-33(10-12-34)29(41)24(15-26(37)38)32-27(39)23-14-25(21-6-5-18(2)13-22(21)31-23)44-19(3)28(40)35-8-7-20(16-35)17-36/h5-6,13-14,19-20,24,36H,4,7-12,15-17H2,1-3H3,(H,32,39)(H,37,38)/t19-,20-,24-/m0/s1. The van der Waals surface area contributed by atoms with E-state index in [0.717, 1.165) is 5.56 Å². The van der Waals surface area contributed by atoms with Gasteiger partial charge in [0, 0.05) is 63.2 Å². The molecule has 0 bridgehead atoms. The van der Waals surface area contributed by atoms with Crippen molar-refractivity contribution in [1.29, 1.82) is 0 Å². The number of aryl methyl sites for hydroxylation is 1. The number of piperazine rings is 1. The number of carbonyl (C=O) groups is 5. The maximum atomic E-state index is 13.5. The fourth-order valence-corrected chi connectivity index (χ4v) is 5.35. The number of ether oxygens (including phenoxy) is 2. The van der Waals surface area contributed by atoms with E-state index in [2.05, 4.69) is 10.3 Å². The van der Waals surface area contributed by atoms with Crippen molar-refractivity contribution in [3.8, 4) is 5.75 Å². The number of hydrogen-bond donors (Lipinski definition) is 3. The minimum Gasteiger partial charge on any atom is -0.481 e. The molecule has 0 radical (unpaired) electrons. The molecule has 3 N–H and O–H groups in total. The van der Waals surface area contributed by atoms with Gasteiger partial charge in [0.1, 0.15) is 17.5 Å². The van der Waals surface area contributed by atoms with E-state index in [1.54, 1.807) is 30.9 Å². The summed E-state index contributed by atoms with van der Waals surface area (Å²) in [6.07, 6.45) is -1.34. The number of likely N-dealkylation sites (tertiary alicyclic amines) is 1. The van der Waals surface area contributed by atoms with Gasteiger partial charge in [-0.25, -0.2) is 9.78 Å². The molecule has 44 heavy (non-hydrogen) atoms. The zero-order valence-corrected chi connectivity index (χ0v) is 25.2.